The molecular weight excluding hydrogens is 412 g/mol. The van der Waals surface area contributed by atoms with Gasteiger partial charge in [0.05, 0.1) is 23.3 Å². The normalized spacial score (nSPS) is 11.6. The van der Waals surface area contributed by atoms with Crippen LogP contribution in [0.2, 0.25) is 0 Å². The second-order valence-corrected chi connectivity index (χ2v) is 8.22. The van der Waals surface area contributed by atoms with E-state index in [9.17, 15) is 14.9 Å². The monoisotopic (exact) mass is 430 g/mol. The van der Waals surface area contributed by atoms with Gasteiger partial charge in [-0.05, 0) is 45.1 Å². The van der Waals surface area contributed by atoms with Crippen molar-refractivity contribution in [1.82, 2.24) is 0 Å². The van der Waals surface area contributed by atoms with E-state index in [0.717, 1.165) is 22.1 Å². The molecule has 27 heavy (non-hydrogen) atoms. The molecule has 0 aliphatic rings. The maximum atomic E-state index is 12.5. The third kappa shape index (κ3) is 4.19. The Balaban J connectivity index is 1.84. The number of anilines is 1. The number of nitrogens with zero attached hydrogens (tertiary/aromatic N) is 1. The van der Waals surface area contributed by atoms with Gasteiger partial charge in [0.25, 0.3) is 5.69 Å². The summed E-state index contributed by atoms with van der Waals surface area (Å²) in [6.07, 6.45) is 1.69. The average molecular weight is 431 g/mol. The van der Waals surface area contributed by atoms with Crippen LogP contribution >= 0.6 is 15.9 Å². The van der Waals surface area contributed by atoms with Crippen LogP contribution in [0.3, 0.4) is 0 Å². The highest BCUT2D eigenvalue weighted by Gasteiger charge is 2.18. The highest BCUT2D eigenvalue weighted by atomic mass is 79.9. The zero-order chi connectivity index (χ0) is 19.8. The van der Waals surface area contributed by atoms with Gasteiger partial charge >= 0.3 is 0 Å². The van der Waals surface area contributed by atoms with Crippen molar-refractivity contribution in [2.24, 2.45) is 0 Å². The largest absolute Gasteiger partial charge is 0.464 e. The van der Waals surface area contributed by atoms with Crippen LogP contribution in [0, 0.1) is 10.1 Å². The Morgan fingerprint density at radius 3 is 2.63 bits per heavy atom. The van der Waals surface area contributed by atoms with E-state index >= 15 is 0 Å². The minimum absolute atomic E-state index is 0.0151. The second kappa shape index (κ2) is 7.15. The van der Waals surface area contributed by atoms with E-state index in [4.69, 9.17) is 4.42 Å². The number of halogens is 1. The first-order valence-electron chi connectivity index (χ1n) is 8.39. The third-order valence-electron chi connectivity index (χ3n) is 4.31. The van der Waals surface area contributed by atoms with Crippen molar-refractivity contribution in [1.29, 1.82) is 0 Å². The summed E-state index contributed by atoms with van der Waals surface area (Å²) in [6, 6.07) is 10.2. The molecule has 0 unspecified atom stereocenters. The molecule has 0 saturated heterocycles. The number of benzene rings is 2. The Morgan fingerprint density at radius 2 is 1.96 bits per heavy atom. The predicted molar refractivity (Wildman–Crippen MR) is 108 cm³/mol. The molecule has 140 valence electrons. The number of hydrogen-bond donors (Lipinski definition) is 1. The zero-order valence-electron chi connectivity index (χ0n) is 15.2. The fourth-order valence-corrected chi connectivity index (χ4v) is 3.12. The summed E-state index contributed by atoms with van der Waals surface area (Å²) in [5, 5.41) is 14.6. The third-order valence-corrected chi connectivity index (χ3v) is 5.00. The van der Waals surface area contributed by atoms with Crippen LogP contribution in [0.5, 0.6) is 0 Å². The van der Waals surface area contributed by atoms with Crippen molar-refractivity contribution in [3.8, 4) is 0 Å². The lowest BCUT2D eigenvalue weighted by atomic mass is 9.86. The van der Waals surface area contributed by atoms with Crippen LogP contribution in [0.1, 0.15) is 31.9 Å². The molecule has 1 aromatic heterocycles. The minimum Gasteiger partial charge on any atom is -0.464 e. The number of nitrogens with one attached hydrogen (secondary N) is 1. The van der Waals surface area contributed by atoms with Gasteiger partial charge in [-0.1, -0.05) is 26.8 Å². The van der Waals surface area contributed by atoms with Gasteiger partial charge in [-0.2, -0.15) is 0 Å². The van der Waals surface area contributed by atoms with Crippen LogP contribution in [0.4, 0.5) is 11.4 Å². The molecule has 1 N–H and O–H groups in total. The van der Waals surface area contributed by atoms with E-state index < -0.39 is 4.92 Å². The number of non-ortho nitro benzene ring substituents is 1. The Kier molecular flexibility index (Phi) is 5.06. The Bertz CT molecular complexity index is 1030. The number of fused-ring (bicyclic) bond motifs is 1. The molecule has 0 bridgehead atoms. The molecule has 2 aromatic carbocycles. The van der Waals surface area contributed by atoms with Crippen molar-refractivity contribution in [3.05, 3.63) is 68.4 Å². The smallest absolute Gasteiger partial charge is 0.271 e. The highest BCUT2D eigenvalue weighted by Crippen LogP contribution is 2.30. The molecule has 7 heteroatoms. The van der Waals surface area contributed by atoms with E-state index in [1.165, 1.54) is 18.2 Å². The summed E-state index contributed by atoms with van der Waals surface area (Å²) in [5.41, 5.74) is 2.91. The summed E-state index contributed by atoms with van der Waals surface area (Å²) >= 11 is 3.30. The number of amides is 1. The van der Waals surface area contributed by atoms with Crippen LogP contribution in [0.15, 0.2) is 51.6 Å². The average Bonchev–Trinajstić information content (AvgIpc) is 2.98. The van der Waals surface area contributed by atoms with Crippen molar-refractivity contribution < 1.29 is 14.1 Å². The summed E-state index contributed by atoms with van der Waals surface area (Å²) < 4.78 is 6.14. The van der Waals surface area contributed by atoms with Gasteiger partial charge in [-0.3, -0.25) is 14.9 Å². The number of carbonyl (C=O) groups is 1. The fourth-order valence-electron chi connectivity index (χ4n) is 2.78. The van der Waals surface area contributed by atoms with Gasteiger partial charge in [0.2, 0.25) is 5.91 Å². The SMILES string of the molecule is CC(C)(C)c1ccc2occ(CC(=O)Nc3cc([N+](=O)[O-])ccc3Br)c2c1. The van der Waals surface area contributed by atoms with Gasteiger partial charge in [-0.15, -0.1) is 0 Å². The number of rotatable bonds is 4. The van der Waals surface area contributed by atoms with Crippen LogP contribution < -0.4 is 5.32 Å². The van der Waals surface area contributed by atoms with Crippen LogP contribution in [0.25, 0.3) is 11.0 Å². The topological polar surface area (TPSA) is 85.4 Å². The van der Waals surface area contributed by atoms with Crippen molar-refractivity contribution in [3.63, 3.8) is 0 Å². The van der Waals surface area contributed by atoms with Crippen molar-refractivity contribution >= 4 is 44.2 Å². The van der Waals surface area contributed by atoms with E-state index in [2.05, 4.69) is 42.0 Å². The zero-order valence-corrected chi connectivity index (χ0v) is 16.8. The molecule has 0 radical (unpaired) electrons. The van der Waals surface area contributed by atoms with Crippen molar-refractivity contribution in [2.45, 2.75) is 32.6 Å². The molecule has 3 aromatic rings. The number of nitro groups is 1. The predicted octanol–water partition coefficient (Wildman–Crippen LogP) is 5.58. The molecule has 1 heterocycles. The Hall–Kier alpha value is -2.67. The first kappa shape index (κ1) is 19.1. The van der Waals surface area contributed by atoms with Crippen LogP contribution in [-0.2, 0) is 16.6 Å². The van der Waals surface area contributed by atoms with E-state index in [1.54, 1.807) is 6.26 Å². The van der Waals surface area contributed by atoms with E-state index in [1.807, 2.05) is 18.2 Å². The van der Waals surface area contributed by atoms with Crippen molar-refractivity contribution in [2.75, 3.05) is 5.32 Å². The molecule has 0 atom stereocenters. The molecule has 0 fully saturated rings. The Morgan fingerprint density at radius 1 is 1.22 bits per heavy atom. The quantitative estimate of drug-likeness (QED) is 0.432. The Labute approximate surface area is 164 Å². The van der Waals surface area contributed by atoms with Gasteiger partial charge in [0.1, 0.15) is 5.58 Å². The second-order valence-electron chi connectivity index (χ2n) is 7.37. The minimum atomic E-state index is -0.500. The van der Waals surface area contributed by atoms with Gasteiger partial charge in [0.15, 0.2) is 0 Å². The number of hydrogen-bond acceptors (Lipinski definition) is 4. The van der Waals surface area contributed by atoms with E-state index in [0.29, 0.717) is 10.2 Å². The summed E-state index contributed by atoms with van der Waals surface area (Å²) in [4.78, 5) is 22.9. The molecule has 3 rings (SSSR count). The molecule has 0 aliphatic heterocycles. The maximum absolute atomic E-state index is 12.5. The lowest BCUT2D eigenvalue weighted by molar-refractivity contribution is -0.384. The lowest BCUT2D eigenvalue weighted by Crippen LogP contribution is -2.15. The number of carbonyl (C=O) groups excluding carboxylic acids is 1. The summed E-state index contributed by atoms with van der Waals surface area (Å²) in [6.45, 7) is 6.38. The van der Waals surface area contributed by atoms with E-state index in [-0.39, 0.29) is 23.4 Å². The summed E-state index contributed by atoms with van der Waals surface area (Å²) in [5.74, 6) is -0.278. The lowest BCUT2D eigenvalue weighted by Gasteiger charge is -2.18. The maximum Gasteiger partial charge on any atom is 0.271 e. The first-order chi connectivity index (χ1) is 12.6. The highest BCUT2D eigenvalue weighted by molar-refractivity contribution is 9.10. The number of furan rings is 1. The molecule has 0 saturated carbocycles. The molecular formula is C20H19BrN2O4. The molecule has 0 spiro atoms. The standard InChI is InChI=1S/C20H19BrN2O4/c1-20(2,3)13-4-7-18-15(9-13)12(11-27-18)8-19(24)22-17-10-14(23(25)26)5-6-16(17)21/h4-7,9-11H,8H2,1-3H3,(H,22,24). The van der Waals surface area contributed by atoms with Crippen LogP contribution in [-0.4, -0.2) is 10.8 Å². The summed E-state index contributed by atoms with van der Waals surface area (Å²) in [7, 11) is 0. The van der Waals surface area contributed by atoms with Gasteiger partial charge < -0.3 is 9.73 Å². The van der Waals surface area contributed by atoms with Gasteiger partial charge in [0, 0.05) is 27.6 Å². The molecule has 1 amide bonds. The van der Waals surface area contributed by atoms with Gasteiger partial charge in [-0.25, -0.2) is 0 Å². The molecule has 0 aliphatic carbocycles. The first-order valence-corrected chi connectivity index (χ1v) is 9.19. The fraction of sp³-hybridized carbons (Fsp3) is 0.250. The number of nitro benzene ring substituents is 1. The molecule has 6 nitrogen and oxygen atoms in total.